The molecule has 0 N–H and O–H groups in total. The number of carbonyl (C=O) groups excluding carboxylic acids is 3. The maximum atomic E-state index is 12.3. The highest BCUT2D eigenvalue weighted by molar-refractivity contribution is 5.69. The quantitative estimate of drug-likeness (QED) is 0.280. The minimum atomic E-state index is -0.201. The van der Waals surface area contributed by atoms with Gasteiger partial charge >= 0.3 is 17.9 Å². The van der Waals surface area contributed by atoms with Gasteiger partial charge in [-0.05, 0) is 85.9 Å². The summed E-state index contributed by atoms with van der Waals surface area (Å²) in [5.41, 5.74) is 0.00916. The minimum Gasteiger partial charge on any atom is -0.469 e. The van der Waals surface area contributed by atoms with Crippen molar-refractivity contribution < 1.29 is 28.6 Å². The Hall–Kier alpha value is -1.85. The molecule has 6 heteroatoms. The lowest BCUT2D eigenvalue weighted by Gasteiger charge is -2.61. The van der Waals surface area contributed by atoms with E-state index in [1.54, 1.807) is 0 Å². The molecule has 0 aromatic rings. The van der Waals surface area contributed by atoms with E-state index in [0.717, 1.165) is 44.9 Å². The normalized spacial score (nSPS) is 42.7. The molecule has 0 saturated heterocycles. The predicted molar refractivity (Wildman–Crippen MR) is 132 cm³/mol. The van der Waals surface area contributed by atoms with Crippen molar-refractivity contribution >= 4 is 17.9 Å². The molecule has 4 rings (SSSR count). The van der Waals surface area contributed by atoms with Crippen LogP contribution in [0.5, 0.6) is 0 Å². The van der Waals surface area contributed by atoms with E-state index in [0.29, 0.717) is 41.9 Å². The third-order valence-corrected chi connectivity index (χ3v) is 10.6. The molecule has 35 heavy (non-hydrogen) atoms. The lowest BCUT2D eigenvalue weighted by atomic mass is 9.45. The van der Waals surface area contributed by atoms with E-state index in [1.165, 1.54) is 21.0 Å². The fourth-order valence-corrected chi connectivity index (χ4v) is 8.85. The Balaban J connectivity index is 1.61. The van der Waals surface area contributed by atoms with E-state index in [1.807, 2.05) is 0 Å². The smallest absolute Gasteiger partial charge is 0.305 e. The number of hydrogen-bond donors (Lipinski definition) is 0. The summed E-state index contributed by atoms with van der Waals surface area (Å²) in [6.45, 7) is 10.1. The highest BCUT2D eigenvalue weighted by Gasteiger charge is 2.64. The number of esters is 3. The summed E-state index contributed by atoms with van der Waals surface area (Å²) in [7, 11) is 1.45. The van der Waals surface area contributed by atoms with Crippen LogP contribution in [-0.2, 0) is 28.6 Å². The van der Waals surface area contributed by atoms with Gasteiger partial charge in [-0.25, -0.2) is 0 Å². The van der Waals surface area contributed by atoms with Gasteiger partial charge in [0.1, 0.15) is 12.2 Å². The van der Waals surface area contributed by atoms with E-state index >= 15 is 0 Å². The molecule has 0 aromatic heterocycles. The molecule has 0 amide bonds. The maximum absolute atomic E-state index is 12.3. The van der Waals surface area contributed by atoms with Crippen molar-refractivity contribution in [2.45, 2.75) is 98.2 Å². The summed E-state index contributed by atoms with van der Waals surface area (Å²) in [5, 5.41) is 0. The third-order valence-electron chi connectivity index (χ3n) is 10.6. The van der Waals surface area contributed by atoms with Crippen molar-refractivity contribution in [2.24, 2.45) is 46.3 Å². The largest absolute Gasteiger partial charge is 0.469 e. The van der Waals surface area contributed by atoms with Crippen LogP contribution in [-0.4, -0.2) is 37.2 Å². The second-order valence-electron chi connectivity index (χ2n) is 12.3. The van der Waals surface area contributed by atoms with Gasteiger partial charge in [0.05, 0.1) is 7.11 Å². The number of methoxy groups -OCH3 is 1. The van der Waals surface area contributed by atoms with Gasteiger partial charge in [-0.2, -0.15) is 0 Å². The van der Waals surface area contributed by atoms with Crippen LogP contribution in [0.2, 0.25) is 0 Å². The number of fused-ring (bicyclic) bond motifs is 5. The summed E-state index contributed by atoms with van der Waals surface area (Å²) >= 11 is 0. The van der Waals surface area contributed by atoms with Gasteiger partial charge in [-0.1, -0.05) is 32.9 Å². The van der Waals surface area contributed by atoms with Gasteiger partial charge in [0.2, 0.25) is 0 Å². The molecule has 0 bridgehead atoms. The zero-order chi connectivity index (χ0) is 25.5. The first-order valence-electron chi connectivity index (χ1n) is 13.6. The van der Waals surface area contributed by atoms with Gasteiger partial charge < -0.3 is 14.2 Å². The van der Waals surface area contributed by atoms with Crippen LogP contribution in [0.4, 0.5) is 0 Å². The predicted octanol–water partition coefficient (Wildman–Crippen LogP) is 5.48. The Bertz CT molecular complexity index is 865. The van der Waals surface area contributed by atoms with E-state index in [9.17, 15) is 14.4 Å². The van der Waals surface area contributed by atoms with Crippen molar-refractivity contribution in [3.05, 3.63) is 12.2 Å². The van der Waals surface area contributed by atoms with E-state index in [2.05, 4.69) is 32.9 Å². The van der Waals surface area contributed by atoms with Crippen LogP contribution in [0.15, 0.2) is 12.2 Å². The second-order valence-corrected chi connectivity index (χ2v) is 12.3. The minimum absolute atomic E-state index is 0.00332. The number of allylic oxidation sites excluding steroid dienone is 2. The molecule has 10 atom stereocenters. The molecule has 3 saturated carbocycles. The average molecular weight is 489 g/mol. The average Bonchev–Trinajstić information content (AvgIpc) is 3.16. The molecule has 4 aliphatic carbocycles. The fourth-order valence-electron chi connectivity index (χ4n) is 8.85. The first-order chi connectivity index (χ1) is 16.5. The van der Waals surface area contributed by atoms with Crippen molar-refractivity contribution in [2.75, 3.05) is 7.11 Å². The van der Waals surface area contributed by atoms with Crippen molar-refractivity contribution in [3.63, 3.8) is 0 Å². The topological polar surface area (TPSA) is 78.9 Å². The molecule has 0 spiro atoms. The van der Waals surface area contributed by atoms with Crippen molar-refractivity contribution in [1.82, 2.24) is 0 Å². The van der Waals surface area contributed by atoms with Crippen LogP contribution < -0.4 is 0 Å². The number of hydrogen-bond acceptors (Lipinski definition) is 6. The summed E-state index contributed by atoms with van der Waals surface area (Å²) in [6.07, 6.45) is 11.9. The van der Waals surface area contributed by atoms with Gasteiger partial charge in [-0.3, -0.25) is 14.4 Å². The van der Waals surface area contributed by atoms with E-state index in [4.69, 9.17) is 14.2 Å². The molecule has 196 valence electrons. The zero-order valence-electron chi connectivity index (χ0n) is 22.4. The Morgan fingerprint density at radius 3 is 2.34 bits per heavy atom. The third kappa shape index (κ3) is 4.67. The Morgan fingerprint density at radius 2 is 1.69 bits per heavy atom. The van der Waals surface area contributed by atoms with Gasteiger partial charge in [-0.15, -0.1) is 0 Å². The van der Waals surface area contributed by atoms with Gasteiger partial charge in [0.15, 0.2) is 0 Å². The highest BCUT2D eigenvalue weighted by atomic mass is 16.5. The summed E-state index contributed by atoms with van der Waals surface area (Å²) < 4.78 is 16.6. The van der Waals surface area contributed by atoms with E-state index < -0.39 is 0 Å². The molecule has 4 aliphatic rings. The molecule has 0 radical (unpaired) electrons. The summed E-state index contributed by atoms with van der Waals surface area (Å²) in [5.74, 6) is 1.95. The molecule has 3 fully saturated rings. The van der Waals surface area contributed by atoms with Crippen molar-refractivity contribution in [1.29, 1.82) is 0 Å². The van der Waals surface area contributed by atoms with E-state index in [-0.39, 0.29) is 40.9 Å². The molecular weight excluding hydrogens is 444 g/mol. The Kier molecular flexibility index (Phi) is 7.41. The first kappa shape index (κ1) is 26.2. The van der Waals surface area contributed by atoms with Gasteiger partial charge in [0, 0.05) is 25.7 Å². The molecule has 0 aromatic carbocycles. The lowest BCUT2D eigenvalue weighted by molar-refractivity contribution is -0.183. The molecule has 6 nitrogen and oxygen atoms in total. The second kappa shape index (κ2) is 9.89. The number of rotatable bonds is 6. The zero-order valence-corrected chi connectivity index (χ0v) is 22.4. The molecule has 0 aliphatic heterocycles. The van der Waals surface area contributed by atoms with Crippen LogP contribution in [0.25, 0.3) is 0 Å². The van der Waals surface area contributed by atoms with Crippen LogP contribution >= 0.6 is 0 Å². The van der Waals surface area contributed by atoms with Gasteiger partial charge in [0.25, 0.3) is 0 Å². The monoisotopic (exact) mass is 488 g/mol. The fraction of sp³-hybridized carbons (Fsp3) is 0.828. The highest BCUT2D eigenvalue weighted by Crippen LogP contribution is 2.67. The van der Waals surface area contributed by atoms with Crippen LogP contribution in [0.3, 0.4) is 0 Å². The standard InChI is InChI=1S/C29H44O6/c1-17(7-12-27(32)33-6)23-10-11-24-22-9-8-20-15-21(34-18(2)30)13-14-28(20,4)25(22)16-26(29(23,24)5)35-19(3)31/h8-9,17,20-26H,7,10-16H2,1-6H3/t17-,20+,21+,22+,23-,24+,25-,26-,28-,29+/m0/s1. The summed E-state index contributed by atoms with van der Waals surface area (Å²) in [4.78, 5) is 35.7. The van der Waals surface area contributed by atoms with Crippen LogP contribution in [0, 0.1) is 46.3 Å². The number of carbonyl (C=O) groups is 3. The van der Waals surface area contributed by atoms with Crippen molar-refractivity contribution in [3.8, 4) is 0 Å². The first-order valence-corrected chi connectivity index (χ1v) is 13.6. The van der Waals surface area contributed by atoms with Crippen LogP contribution in [0.1, 0.15) is 86.0 Å². The Labute approximate surface area is 210 Å². The SMILES string of the molecule is COC(=O)CC[C@H](C)[C@@H]1CC[C@@H]2[C@H]3C=C[C@@H]4C[C@H](OC(C)=O)CC[C@]4(C)[C@H]3C[C@H](OC(C)=O)[C@@]21C. The number of ether oxygens (including phenoxy) is 3. The molecular formula is C29H44O6. The maximum Gasteiger partial charge on any atom is 0.305 e. The molecule has 0 unspecified atom stereocenters. The lowest BCUT2D eigenvalue weighted by Crippen LogP contribution is -2.58. The molecule has 0 heterocycles. The summed E-state index contributed by atoms with van der Waals surface area (Å²) in [6, 6.07) is 0. The Morgan fingerprint density at radius 1 is 0.971 bits per heavy atom.